The Morgan fingerprint density at radius 3 is 2.52 bits per heavy atom. The second kappa shape index (κ2) is 9.04. The van der Waals surface area contributed by atoms with Crippen LogP contribution in [0.5, 0.6) is 0 Å². The normalized spacial score (nSPS) is 24.3. The van der Waals surface area contributed by atoms with E-state index in [1.54, 1.807) is 13.8 Å². The Morgan fingerprint density at radius 2 is 1.87 bits per heavy atom. The topological polar surface area (TPSA) is 120 Å². The van der Waals surface area contributed by atoms with E-state index in [2.05, 4.69) is 10.1 Å². The van der Waals surface area contributed by atoms with Crippen LogP contribution in [0.4, 0.5) is 9.59 Å². The number of fused-ring (bicyclic) bond motifs is 1. The van der Waals surface area contributed by atoms with E-state index < -0.39 is 52.6 Å². The Hall–Kier alpha value is -2.95. The number of methoxy groups -OCH3 is 1. The minimum Gasteiger partial charge on any atom is -0.445 e. The molecule has 10 nitrogen and oxygen atoms in total. The molecule has 168 valence electrons. The summed E-state index contributed by atoms with van der Waals surface area (Å²) < 4.78 is 18.8. The van der Waals surface area contributed by atoms with Crippen LogP contribution in [0.25, 0.3) is 0 Å². The smallest absolute Gasteiger partial charge is 0.445 e. The molecule has 0 aliphatic carbocycles. The van der Waals surface area contributed by atoms with E-state index in [0.29, 0.717) is 0 Å². The van der Waals surface area contributed by atoms with Crippen molar-refractivity contribution in [1.29, 1.82) is 0 Å². The molecule has 0 spiro atoms. The molecule has 0 aromatic heterocycles. The molecular weight excluding hydrogens is 428 g/mol. The van der Waals surface area contributed by atoms with Gasteiger partial charge in [0.15, 0.2) is 0 Å². The highest BCUT2D eigenvalue weighted by molar-refractivity contribution is 8.01. The molecule has 3 rings (SSSR count). The predicted octanol–water partition coefficient (Wildman–Crippen LogP) is 2.02. The van der Waals surface area contributed by atoms with Gasteiger partial charge >= 0.3 is 18.2 Å². The van der Waals surface area contributed by atoms with Crippen LogP contribution in [0.1, 0.15) is 26.3 Å². The number of benzene rings is 1. The lowest BCUT2D eigenvalue weighted by molar-refractivity contribution is -0.180. The molecule has 4 atom stereocenters. The number of hydrogen-bond acceptors (Lipinski definition) is 9. The van der Waals surface area contributed by atoms with Crippen LogP contribution >= 0.6 is 11.8 Å². The standard InChI is InChI=1S/C20H24N2O8S/c1-11(30-19(26)27-4)29-17(24)14-20(2,3)31-16-13(15(23)22(14)16)21-18(25)28-10-12-8-6-5-7-9-12/h5-9,11,13-14,16H,10H2,1-4H3,(H,21,25)/t11?,13?,14-,16+/m0/s1. The SMILES string of the molecule is COC(=O)OC(C)OC(=O)[C@@H]1N2C(=O)C(NC(=O)OCc3ccccc3)[C@H]2SC1(C)C. The molecule has 0 radical (unpaired) electrons. The number of β-lactam (4-membered cyclic amide) rings is 1. The zero-order valence-corrected chi connectivity index (χ0v) is 18.3. The van der Waals surface area contributed by atoms with E-state index in [1.807, 2.05) is 30.3 Å². The Kier molecular flexibility index (Phi) is 6.63. The van der Waals surface area contributed by atoms with Crippen LogP contribution in [0.3, 0.4) is 0 Å². The summed E-state index contributed by atoms with van der Waals surface area (Å²) in [7, 11) is 1.13. The van der Waals surface area contributed by atoms with Crippen molar-refractivity contribution in [2.45, 2.75) is 55.9 Å². The molecule has 2 unspecified atom stereocenters. The molecule has 0 saturated carbocycles. The van der Waals surface area contributed by atoms with E-state index in [9.17, 15) is 19.2 Å². The number of hydrogen-bond donors (Lipinski definition) is 1. The third kappa shape index (κ3) is 4.87. The first kappa shape index (κ1) is 22.7. The van der Waals surface area contributed by atoms with Gasteiger partial charge in [-0.2, -0.15) is 0 Å². The Balaban J connectivity index is 1.58. The van der Waals surface area contributed by atoms with Gasteiger partial charge in [-0.3, -0.25) is 4.79 Å². The van der Waals surface area contributed by atoms with Gasteiger partial charge in [-0.25, -0.2) is 14.4 Å². The van der Waals surface area contributed by atoms with Gasteiger partial charge in [0.2, 0.25) is 12.2 Å². The van der Waals surface area contributed by atoms with Crippen LogP contribution in [-0.4, -0.2) is 64.6 Å². The lowest BCUT2D eigenvalue weighted by atomic mass is 9.96. The number of esters is 1. The van der Waals surface area contributed by atoms with Crippen molar-refractivity contribution in [2.75, 3.05) is 7.11 Å². The first-order valence-electron chi connectivity index (χ1n) is 9.56. The predicted molar refractivity (Wildman–Crippen MR) is 109 cm³/mol. The fraction of sp³-hybridized carbons (Fsp3) is 0.500. The van der Waals surface area contributed by atoms with Crippen molar-refractivity contribution < 1.29 is 38.1 Å². The highest BCUT2D eigenvalue weighted by Crippen LogP contribution is 2.51. The number of alkyl carbamates (subject to hydrolysis) is 1. The van der Waals surface area contributed by atoms with Crippen molar-refractivity contribution in [2.24, 2.45) is 0 Å². The van der Waals surface area contributed by atoms with Crippen LogP contribution < -0.4 is 5.32 Å². The van der Waals surface area contributed by atoms with E-state index in [-0.39, 0.29) is 6.61 Å². The highest BCUT2D eigenvalue weighted by atomic mass is 32.2. The van der Waals surface area contributed by atoms with Crippen molar-refractivity contribution in [3.63, 3.8) is 0 Å². The third-order valence-corrected chi connectivity index (χ3v) is 6.43. The average molecular weight is 452 g/mol. The lowest BCUT2D eigenvalue weighted by Crippen LogP contribution is -2.70. The molecule has 2 heterocycles. The van der Waals surface area contributed by atoms with Gasteiger partial charge < -0.3 is 29.2 Å². The summed E-state index contributed by atoms with van der Waals surface area (Å²) in [6, 6.07) is 7.44. The summed E-state index contributed by atoms with van der Waals surface area (Å²) in [6.07, 6.45) is -2.89. The number of carbonyl (C=O) groups excluding carboxylic acids is 4. The largest absolute Gasteiger partial charge is 0.511 e. The van der Waals surface area contributed by atoms with Crippen molar-refractivity contribution in [1.82, 2.24) is 10.2 Å². The first-order chi connectivity index (χ1) is 14.6. The van der Waals surface area contributed by atoms with Gasteiger partial charge in [0.1, 0.15) is 24.1 Å². The molecule has 0 bridgehead atoms. The maximum absolute atomic E-state index is 12.7. The third-order valence-electron chi connectivity index (χ3n) is 4.86. The molecule has 1 aromatic carbocycles. The van der Waals surface area contributed by atoms with Gasteiger partial charge in [0.05, 0.1) is 7.11 Å². The quantitative estimate of drug-likeness (QED) is 0.299. The Morgan fingerprint density at radius 1 is 1.19 bits per heavy atom. The second-order valence-electron chi connectivity index (χ2n) is 7.52. The van der Waals surface area contributed by atoms with Crippen molar-refractivity contribution in [3.05, 3.63) is 35.9 Å². The summed E-state index contributed by atoms with van der Waals surface area (Å²) in [5.41, 5.74) is 0.821. The summed E-state index contributed by atoms with van der Waals surface area (Å²) in [5.74, 6) is -1.13. The van der Waals surface area contributed by atoms with Gasteiger partial charge in [-0.15, -0.1) is 11.8 Å². The van der Waals surface area contributed by atoms with Gasteiger partial charge in [-0.1, -0.05) is 30.3 Å². The minimum absolute atomic E-state index is 0.0770. The van der Waals surface area contributed by atoms with E-state index in [4.69, 9.17) is 14.2 Å². The number of ether oxygens (including phenoxy) is 4. The van der Waals surface area contributed by atoms with E-state index in [0.717, 1.165) is 12.7 Å². The van der Waals surface area contributed by atoms with E-state index >= 15 is 0 Å². The number of amides is 2. The maximum atomic E-state index is 12.7. The van der Waals surface area contributed by atoms with Crippen molar-refractivity contribution in [3.8, 4) is 0 Å². The number of carbonyl (C=O) groups is 4. The van der Waals surface area contributed by atoms with Gasteiger partial charge in [-0.05, 0) is 19.4 Å². The molecule has 2 saturated heterocycles. The lowest BCUT2D eigenvalue weighted by Gasteiger charge is -2.43. The first-order valence-corrected chi connectivity index (χ1v) is 10.4. The minimum atomic E-state index is -1.18. The number of thioether (sulfide) groups is 1. The maximum Gasteiger partial charge on any atom is 0.511 e. The summed E-state index contributed by atoms with van der Waals surface area (Å²) in [6.45, 7) is 5.04. The zero-order valence-electron chi connectivity index (χ0n) is 17.5. The van der Waals surface area contributed by atoms with Gasteiger partial charge in [0, 0.05) is 11.7 Å². The molecule has 1 N–H and O–H groups in total. The molecule has 2 aliphatic rings. The molecule has 2 fully saturated rings. The molecule has 2 amide bonds. The number of nitrogens with zero attached hydrogens (tertiary/aromatic N) is 1. The fourth-order valence-corrected chi connectivity index (χ4v) is 5.07. The molecule has 1 aromatic rings. The van der Waals surface area contributed by atoms with E-state index in [1.165, 1.54) is 23.6 Å². The van der Waals surface area contributed by atoms with Crippen LogP contribution in [0, 0.1) is 0 Å². The van der Waals surface area contributed by atoms with Crippen molar-refractivity contribution >= 4 is 35.9 Å². The van der Waals surface area contributed by atoms with Crippen LogP contribution in [0.15, 0.2) is 30.3 Å². The summed E-state index contributed by atoms with van der Waals surface area (Å²) >= 11 is 1.37. The van der Waals surface area contributed by atoms with Crippen LogP contribution in [0.2, 0.25) is 0 Å². The molecule has 11 heteroatoms. The number of nitrogens with one attached hydrogen (secondary N) is 1. The monoisotopic (exact) mass is 452 g/mol. The Bertz CT molecular complexity index is 862. The average Bonchev–Trinajstić information content (AvgIpc) is 2.98. The number of rotatable bonds is 6. The highest BCUT2D eigenvalue weighted by Gasteiger charge is 2.64. The Labute approximate surface area is 183 Å². The molecule has 2 aliphatic heterocycles. The zero-order chi connectivity index (χ0) is 22.8. The molecule has 31 heavy (non-hydrogen) atoms. The molecular formula is C20H24N2O8S. The second-order valence-corrected chi connectivity index (χ2v) is 9.29. The fourth-order valence-electron chi connectivity index (χ4n) is 3.45. The summed E-state index contributed by atoms with van der Waals surface area (Å²) in [4.78, 5) is 50.1. The van der Waals surface area contributed by atoms with Gasteiger partial charge in [0.25, 0.3) is 0 Å². The summed E-state index contributed by atoms with van der Waals surface area (Å²) in [5, 5.41) is 2.12. The van der Waals surface area contributed by atoms with Crippen LogP contribution in [-0.2, 0) is 35.1 Å².